The molecule has 0 spiro atoms. The predicted molar refractivity (Wildman–Crippen MR) is 109 cm³/mol. The minimum absolute atomic E-state index is 0.116. The van der Waals surface area contributed by atoms with Gasteiger partial charge >= 0.3 is 0 Å². The van der Waals surface area contributed by atoms with Gasteiger partial charge in [-0.25, -0.2) is 0 Å². The number of nitrogens with one attached hydrogen (secondary N) is 1. The molecule has 1 aliphatic rings. The summed E-state index contributed by atoms with van der Waals surface area (Å²) in [5, 5.41) is 10.9. The zero-order valence-electron chi connectivity index (χ0n) is 16.3. The van der Waals surface area contributed by atoms with E-state index in [4.69, 9.17) is 9.15 Å². The van der Waals surface area contributed by atoms with E-state index in [1.807, 2.05) is 24.3 Å². The first-order valence-electron chi connectivity index (χ1n) is 9.81. The van der Waals surface area contributed by atoms with Crippen LogP contribution in [0.1, 0.15) is 25.3 Å². The topological polar surface area (TPSA) is 64.1 Å². The van der Waals surface area contributed by atoms with Crippen LogP contribution in [-0.2, 0) is 6.54 Å². The van der Waals surface area contributed by atoms with E-state index in [-0.39, 0.29) is 11.2 Å². The Morgan fingerprint density at radius 2 is 1.89 bits per heavy atom. The minimum Gasteiger partial charge on any atom is -0.507 e. The molecule has 5 nitrogen and oxygen atoms in total. The Labute approximate surface area is 164 Å². The highest BCUT2D eigenvalue weighted by molar-refractivity contribution is 5.86. The number of ether oxygens (including phenoxy) is 1. The maximum Gasteiger partial charge on any atom is 0.200 e. The molecule has 0 saturated carbocycles. The molecule has 0 unspecified atom stereocenters. The number of phenolic OH excluding ortho intramolecular Hbond substituents is 1. The number of hydrogen-bond donors (Lipinski definition) is 2. The zero-order chi connectivity index (χ0) is 19.7. The molecule has 1 aliphatic heterocycles. The van der Waals surface area contributed by atoms with Gasteiger partial charge < -0.3 is 19.2 Å². The maximum absolute atomic E-state index is 13.2. The first kappa shape index (κ1) is 18.6. The largest absolute Gasteiger partial charge is 0.507 e. The molecule has 5 heteroatoms. The van der Waals surface area contributed by atoms with Crippen LogP contribution in [0.5, 0.6) is 11.5 Å². The van der Waals surface area contributed by atoms with Crippen molar-refractivity contribution in [2.45, 2.75) is 26.3 Å². The lowest BCUT2D eigenvalue weighted by Crippen LogP contribution is -3.11. The van der Waals surface area contributed by atoms with Gasteiger partial charge in [-0.1, -0.05) is 25.1 Å². The second-order valence-corrected chi connectivity index (χ2v) is 7.73. The third kappa shape index (κ3) is 3.38. The van der Waals surface area contributed by atoms with Crippen molar-refractivity contribution in [1.82, 2.24) is 0 Å². The Morgan fingerprint density at radius 1 is 1.14 bits per heavy atom. The van der Waals surface area contributed by atoms with Gasteiger partial charge in [0.15, 0.2) is 0 Å². The van der Waals surface area contributed by atoms with E-state index in [1.165, 1.54) is 24.0 Å². The van der Waals surface area contributed by atoms with Crippen LogP contribution in [0.4, 0.5) is 0 Å². The van der Waals surface area contributed by atoms with Gasteiger partial charge in [-0.3, -0.25) is 4.79 Å². The summed E-state index contributed by atoms with van der Waals surface area (Å²) in [4.78, 5) is 14.6. The van der Waals surface area contributed by atoms with Crippen molar-refractivity contribution < 1.29 is 19.2 Å². The number of fused-ring (bicyclic) bond motifs is 1. The fraction of sp³-hybridized carbons (Fsp3) is 0.348. The molecule has 2 N–H and O–H groups in total. The number of benzene rings is 2. The average molecular weight is 380 g/mol. The van der Waals surface area contributed by atoms with Crippen LogP contribution in [0, 0.1) is 5.92 Å². The van der Waals surface area contributed by atoms with Crippen molar-refractivity contribution in [3.63, 3.8) is 0 Å². The summed E-state index contributed by atoms with van der Waals surface area (Å²) in [6.07, 6.45) is 3.85. The number of piperidine rings is 1. The number of para-hydroxylation sites is 1. The molecule has 1 saturated heterocycles. The Bertz CT molecular complexity index is 1050. The molecule has 0 amide bonds. The van der Waals surface area contributed by atoms with Crippen LogP contribution in [-0.4, -0.2) is 25.3 Å². The summed E-state index contributed by atoms with van der Waals surface area (Å²) in [6.45, 7) is 5.08. The number of phenols is 1. The van der Waals surface area contributed by atoms with Gasteiger partial charge in [0.2, 0.25) is 5.43 Å². The van der Waals surface area contributed by atoms with Gasteiger partial charge in [-0.05, 0) is 37.0 Å². The van der Waals surface area contributed by atoms with Crippen LogP contribution in [0.2, 0.25) is 0 Å². The zero-order valence-corrected chi connectivity index (χ0v) is 16.3. The van der Waals surface area contributed by atoms with Crippen molar-refractivity contribution >= 4 is 11.0 Å². The van der Waals surface area contributed by atoms with E-state index < -0.39 is 0 Å². The standard InChI is InChI=1S/C23H25NO4/c1-15-9-11-24(12-10-15)13-18-20(25)8-7-17-22(26)19(14-28-23(17)18)16-5-3-4-6-21(16)27-2/h3-8,14-15,25H,9-13H2,1-2H3/p+1. The molecule has 4 rings (SSSR count). The normalized spacial score (nSPS) is 19.6. The first-order valence-corrected chi connectivity index (χ1v) is 9.81. The molecule has 0 radical (unpaired) electrons. The van der Waals surface area contributed by atoms with E-state index >= 15 is 0 Å². The highest BCUT2D eigenvalue weighted by atomic mass is 16.5. The van der Waals surface area contributed by atoms with Crippen LogP contribution in [0.3, 0.4) is 0 Å². The molecule has 0 bridgehead atoms. The van der Waals surface area contributed by atoms with E-state index in [2.05, 4.69) is 6.92 Å². The first-order chi connectivity index (χ1) is 13.6. The van der Waals surface area contributed by atoms with E-state index in [1.54, 1.807) is 19.2 Å². The van der Waals surface area contributed by atoms with E-state index in [0.29, 0.717) is 40.0 Å². The fourth-order valence-electron chi connectivity index (χ4n) is 4.07. The van der Waals surface area contributed by atoms with Crippen LogP contribution < -0.4 is 15.1 Å². The van der Waals surface area contributed by atoms with Gasteiger partial charge in [0.25, 0.3) is 0 Å². The minimum atomic E-state index is -0.116. The summed E-state index contributed by atoms with van der Waals surface area (Å²) in [7, 11) is 1.58. The molecule has 1 fully saturated rings. The van der Waals surface area contributed by atoms with Crippen LogP contribution >= 0.6 is 0 Å². The van der Waals surface area contributed by atoms with Gasteiger partial charge in [0.1, 0.15) is 29.9 Å². The van der Waals surface area contributed by atoms with Crippen molar-refractivity contribution in [3.05, 3.63) is 58.4 Å². The summed E-state index contributed by atoms with van der Waals surface area (Å²) in [6, 6.07) is 10.6. The summed E-state index contributed by atoms with van der Waals surface area (Å²) in [5.41, 5.74) is 2.24. The summed E-state index contributed by atoms with van der Waals surface area (Å²) >= 11 is 0. The third-order valence-corrected chi connectivity index (χ3v) is 5.82. The third-order valence-electron chi connectivity index (χ3n) is 5.82. The number of rotatable bonds is 4. The van der Waals surface area contributed by atoms with Gasteiger partial charge in [-0.15, -0.1) is 0 Å². The Balaban J connectivity index is 1.78. The quantitative estimate of drug-likeness (QED) is 0.730. The molecule has 146 valence electrons. The summed E-state index contributed by atoms with van der Waals surface area (Å²) < 4.78 is 11.3. The molecule has 0 aliphatic carbocycles. The number of quaternary nitrogens is 1. The average Bonchev–Trinajstić information content (AvgIpc) is 2.72. The second-order valence-electron chi connectivity index (χ2n) is 7.73. The van der Waals surface area contributed by atoms with E-state index in [9.17, 15) is 9.90 Å². The van der Waals surface area contributed by atoms with E-state index in [0.717, 1.165) is 19.0 Å². The second kappa shape index (κ2) is 7.68. The van der Waals surface area contributed by atoms with Crippen molar-refractivity contribution in [2.24, 2.45) is 5.92 Å². The molecule has 2 heterocycles. The van der Waals surface area contributed by atoms with Gasteiger partial charge in [0.05, 0.1) is 36.7 Å². The SMILES string of the molecule is COc1ccccc1-c1coc2c(C[NH+]3CCC(C)CC3)c(O)ccc2c1=O. The number of methoxy groups -OCH3 is 1. The number of hydrogen-bond acceptors (Lipinski definition) is 4. The Morgan fingerprint density at radius 3 is 2.64 bits per heavy atom. The highest BCUT2D eigenvalue weighted by Crippen LogP contribution is 2.31. The lowest BCUT2D eigenvalue weighted by Gasteiger charge is -2.27. The van der Waals surface area contributed by atoms with Crippen LogP contribution in [0.15, 0.2) is 51.9 Å². The maximum atomic E-state index is 13.2. The van der Waals surface area contributed by atoms with Crippen molar-refractivity contribution in [1.29, 1.82) is 0 Å². The van der Waals surface area contributed by atoms with Gasteiger partial charge in [-0.2, -0.15) is 0 Å². The number of likely N-dealkylation sites (tertiary alicyclic amines) is 1. The Kier molecular flexibility index (Phi) is 5.09. The molecular weight excluding hydrogens is 354 g/mol. The Hall–Kier alpha value is -2.79. The molecule has 1 aromatic heterocycles. The molecular formula is C23H26NO4+. The number of aromatic hydroxyl groups is 1. The smallest absolute Gasteiger partial charge is 0.200 e. The van der Waals surface area contributed by atoms with Gasteiger partial charge in [0, 0.05) is 5.56 Å². The molecule has 3 aromatic rings. The lowest BCUT2D eigenvalue weighted by molar-refractivity contribution is -0.919. The fourth-order valence-corrected chi connectivity index (χ4v) is 4.07. The lowest BCUT2D eigenvalue weighted by atomic mass is 9.98. The molecule has 2 aromatic carbocycles. The van der Waals surface area contributed by atoms with Crippen LogP contribution in [0.25, 0.3) is 22.1 Å². The molecule has 0 atom stereocenters. The predicted octanol–water partition coefficient (Wildman–Crippen LogP) is 2.99. The van der Waals surface area contributed by atoms with Crippen molar-refractivity contribution in [2.75, 3.05) is 20.2 Å². The monoisotopic (exact) mass is 380 g/mol. The van der Waals surface area contributed by atoms with Crippen molar-refractivity contribution in [3.8, 4) is 22.6 Å². The highest BCUT2D eigenvalue weighted by Gasteiger charge is 2.23. The molecule has 28 heavy (non-hydrogen) atoms. The summed E-state index contributed by atoms with van der Waals surface area (Å²) in [5.74, 6) is 1.57.